The first-order valence-electron chi connectivity index (χ1n) is 9.67. The van der Waals surface area contributed by atoms with Gasteiger partial charge in [-0.2, -0.15) is 0 Å². The van der Waals surface area contributed by atoms with Crippen molar-refractivity contribution < 1.29 is 19.1 Å². The van der Waals surface area contributed by atoms with Gasteiger partial charge >= 0.3 is 11.9 Å². The molecule has 148 valence electrons. The van der Waals surface area contributed by atoms with Gasteiger partial charge in [-0.3, -0.25) is 0 Å². The van der Waals surface area contributed by atoms with E-state index in [1.807, 2.05) is 42.5 Å². The molecule has 0 unspecified atom stereocenters. The van der Waals surface area contributed by atoms with Crippen LogP contribution in [0.1, 0.15) is 51.6 Å². The molecule has 0 atom stereocenters. The van der Waals surface area contributed by atoms with Gasteiger partial charge in [-0.1, -0.05) is 68.4 Å². The van der Waals surface area contributed by atoms with Crippen molar-refractivity contribution >= 4 is 11.9 Å². The van der Waals surface area contributed by atoms with Crippen LogP contribution in [0.3, 0.4) is 0 Å². The normalized spacial score (nSPS) is 10.6. The number of hydrogen-bond acceptors (Lipinski definition) is 4. The molecular formula is C25H24O4. The summed E-state index contributed by atoms with van der Waals surface area (Å²) in [5.74, 6) is -0.453. The third-order valence-electron chi connectivity index (χ3n) is 4.59. The van der Waals surface area contributed by atoms with Crippen LogP contribution >= 0.6 is 0 Å². The fraction of sp³-hybridized carbons (Fsp3) is 0.200. The number of ether oxygens (including phenoxy) is 2. The standard InChI is InChI=1S/C25H24O4/c1-18(2)20-12-14-21(15-13-20)24(26)29-23-11-7-6-10-22(23)25(27)28-17-16-19-8-4-3-5-9-19/h3-15,18H,16-17H2,1-2H3. The minimum atomic E-state index is -0.514. The lowest BCUT2D eigenvalue weighted by Gasteiger charge is -2.11. The molecule has 0 aliphatic heterocycles. The maximum atomic E-state index is 12.5. The number of benzene rings is 3. The summed E-state index contributed by atoms with van der Waals surface area (Å²) in [4.78, 5) is 25.0. The van der Waals surface area contributed by atoms with Crippen molar-refractivity contribution in [2.45, 2.75) is 26.2 Å². The van der Waals surface area contributed by atoms with Gasteiger partial charge in [0.25, 0.3) is 0 Å². The second-order valence-electron chi connectivity index (χ2n) is 7.03. The Kier molecular flexibility index (Phi) is 6.80. The molecule has 0 saturated carbocycles. The van der Waals surface area contributed by atoms with Gasteiger partial charge in [0, 0.05) is 6.42 Å². The summed E-state index contributed by atoms with van der Waals surface area (Å²) in [7, 11) is 0. The third kappa shape index (κ3) is 5.55. The molecular weight excluding hydrogens is 364 g/mol. The van der Waals surface area contributed by atoms with Crippen LogP contribution in [0.5, 0.6) is 5.75 Å². The van der Waals surface area contributed by atoms with Crippen LogP contribution in [0.25, 0.3) is 0 Å². The molecule has 3 rings (SSSR count). The fourth-order valence-electron chi connectivity index (χ4n) is 2.87. The van der Waals surface area contributed by atoms with Crippen LogP contribution in [0.2, 0.25) is 0 Å². The molecule has 0 aliphatic rings. The number of para-hydroxylation sites is 1. The molecule has 4 nitrogen and oxygen atoms in total. The predicted octanol–water partition coefficient (Wildman–Crippen LogP) is 5.43. The Labute approximate surface area is 171 Å². The number of carbonyl (C=O) groups is 2. The van der Waals surface area contributed by atoms with Crippen molar-refractivity contribution in [1.29, 1.82) is 0 Å². The van der Waals surface area contributed by atoms with E-state index >= 15 is 0 Å². The van der Waals surface area contributed by atoms with Gasteiger partial charge in [0.15, 0.2) is 0 Å². The molecule has 0 spiro atoms. The highest BCUT2D eigenvalue weighted by molar-refractivity contribution is 5.96. The predicted molar refractivity (Wildman–Crippen MR) is 112 cm³/mol. The summed E-state index contributed by atoms with van der Waals surface area (Å²) in [5.41, 5.74) is 2.89. The maximum Gasteiger partial charge on any atom is 0.343 e. The van der Waals surface area contributed by atoms with Crippen LogP contribution < -0.4 is 4.74 Å². The van der Waals surface area contributed by atoms with Crippen LogP contribution in [0.4, 0.5) is 0 Å². The molecule has 0 amide bonds. The highest BCUT2D eigenvalue weighted by Crippen LogP contribution is 2.21. The average Bonchev–Trinajstić information content (AvgIpc) is 2.75. The first-order valence-corrected chi connectivity index (χ1v) is 9.67. The van der Waals surface area contributed by atoms with Crippen molar-refractivity contribution in [3.63, 3.8) is 0 Å². The van der Waals surface area contributed by atoms with E-state index in [0.29, 0.717) is 17.9 Å². The Morgan fingerprint density at radius 2 is 1.45 bits per heavy atom. The molecule has 3 aromatic carbocycles. The van der Waals surface area contributed by atoms with Crippen molar-refractivity contribution in [3.8, 4) is 5.75 Å². The lowest BCUT2D eigenvalue weighted by molar-refractivity contribution is 0.0504. The summed E-state index contributed by atoms with van der Waals surface area (Å²) in [5, 5.41) is 0. The molecule has 0 radical (unpaired) electrons. The van der Waals surface area contributed by atoms with E-state index < -0.39 is 11.9 Å². The zero-order valence-electron chi connectivity index (χ0n) is 16.6. The molecule has 29 heavy (non-hydrogen) atoms. The van der Waals surface area contributed by atoms with Crippen LogP contribution in [0, 0.1) is 0 Å². The van der Waals surface area contributed by atoms with Gasteiger partial charge in [-0.15, -0.1) is 0 Å². The van der Waals surface area contributed by atoms with Crippen molar-refractivity contribution in [3.05, 3.63) is 101 Å². The van der Waals surface area contributed by atoms with E-state index in [1.54, 1.807) is 36.4 Å². The Hall–Kier alpha value is -3.40. The Morgan fingerprint density at radius 3 is 2.14 bits per heavy atom. The van der Waals surface area contributed by atoms with Crippen LogP contribution in [0.15, 0.2) is 78.9 Å². The lowest BCUT2D eigenvalue weighted by Crippen LogP contribution is -2.14. The topological polar surface area (TPSA) is 52.6 Å². The lowest BCUT2D eigenvalue weighted by atomic mass is 10.0. The number of carbonyl (C=O) groups excluding carboxylic acids is 2. The molecule has 3 aromatic rings. The zero-order valence-corrected chi connectivity index (χ0v) is 16.6. The highest BCUT2D eigenvalue weighted by Gasteiger charge is 2.17. The molecule has 0 fully saturated rings. The second kappa shape index (κ2) is 9.69. The van der Waals surface area contributed by atoms with Crippen LogP contribution in [-0.4, -0.2) is 18.5 Å². The molecule has 0 N–H and O–H groups in total. The minimum Gasteiger partial charge on any atom is -0.462 e. The van der Waals surface area contributed by atoms with Crippen molar-refractivity contribution in [1.82, 2.24) is 0 Å². The van der Waals surface area contributed by atoms with E-state index in [0.717, 1.165) is 11.1 Å². The van der Waals surface area contributed by atoms with Gasteiger partial charge in [0.1, 0.15) is 11.3 Å². The quantitative estimate of drug-likeness (QED) is 0.400. The molecule has 0 saturated heterocycles. The van der Waals surface area contributed by atoms with Crippen molar-refractivity contribution in [2.24, 2.45) is 0 Å². The Balaban J connectivity index is 1.64. The second-order valence-corrected chi connectivity index (χ2v) is 7.03. The van der Waals surface area contributed by atoms with Gasteiger partial charge in [-0.25, -0.2) is 9.59 Å². The highest BCUT2D eigenvalue weighted by atomic mass is 16.5. The SMILES string of the molecule is CC(C)c1ccc(C(=O)Oc2ccccc2C(=O)OCCc2ccccc2)cc1. The minimum absolute atomic E-state index is 0.190. The van der Waals surface area contributed by atoms with E-state index in [4.69, 9.17) is 9.47 Å². The van der Waals surface area contributed by atoms with E-state index in [2.05, 4.69) is 13.8 Å². The number of esters is 2. The Morgan fingerprint density at radius 1 is 0.793 bits per heavy atom. The summed E-state index contributed by atoms with van der Waals surface area (Å²) in [6, 6.07) is 23.7. The molecule has 0 heterocycles. The van der Waals surface area contributed by atoms with Crippen molar-refractivity contribution in [2.75, 3.05) is 6.61 Å². The van der Waals surface area contributed by atoms with Gasteiger partial charge in [-0.05, 0) is 41.3 Å². The fourth-order valence-corrected chi connectivity index (χ4v) is 2.87. The molecule has 0 aliphatic carbocycles. The number of rotatable bonds is 7. The monoisotopic (exact) mass is 388 g/mol. The molecule has 4 heteroatoms. The smallest absolute Gasteiger partial charge is 0.343 e. The van der Waals surface area contributed by atoms with E-state index in [-0.39, 0.29) is 17.9 Å². The molecule has 0 bridgehead atoms. The largest absolute Gasteiger partial charge is 0.462 e. The summed E-state index contributed by atoms with van der Waals surface area (Å²) >= 11 is 0. The summed E-state index contributed by atoms with van der Waals surface area (Å²) in [6.07, 6.45) is 0.622. The zero-order chi connectivity index (χ0) is 20.6. The molecule has 0 aromatic heterocycles. The van der Waals surface area contributed by atoms with Gasteiger partial charge in [0.05, 0.1) is 12.2 Å². The maximum absolute atomic E-state index is 12.5. The first kappa shape index (κ1) is 20.3. The van der Waals surface area contributed by atoms with Crippen LogP contribution in [-0.2, 0) is 11.2 Å². The van der Waals surface area contributed by atoms with E-state index in [1.165, 1.54) is 0 Å². The van der Waals surface area contributed by atoms with Gasteiger partial charge in [0.2, 0.25) is 0 Å². The third-order valence-corrected chi connectivity index (χ3v) is 4.59. The summed E-state index contributed by atoms with van der Waals surface area (Å²) in [6.45, 7) is 4.43. The first-order chi connectivity index (χ1) is 14.0. The van der Waals surface area contributed by atoms with E-state index in [9.17, 15) is 9.59 Å². The Bertz CT molecular complexity index is 960. The number of hydrogen-bond donors (Lipinski definition) is 0. The average molecular weight is 388 g/mol. The summed E-state index contributed by atoms with van der Waals surface area (Å²) < 4.78 is 10.8. The van der Waals surface area contributed by atoms with Gasteiger partial charge < -0.3 is 9.47 Å².